The summed E-state index contributed by atoms with van der Waals surface area (Å²) in [4.78, 5) is 8.44. The third kappa shape index (κ3) is 2.36. The number of aryl methyl sites for hydroxylation is 1. The summed E-state index contributed by atoms with van der Waals surface area (Å²) in [6.07, 6.45) is 6.28. The van der Waals surface area contributed by atoms with E-state index in [9.17, 15) is 5.21 Å². The minimum Gasteiger partial charge on any atom is -0.427 e. The number of rotatable bonds is 3. The maximum Gasteiger partial charge on any atom is 0.142 e. The van der Waals surface area contributed by atoms with E-state index in [4.69, 9.17) is 0 Å². The van der Waals surface area contributed by atoms with Crippen molar-refractivity contribution in [2.75, 3.05) is 0 Å². The molecule has 0 unspecified atom stereocenters. The third-order valence-corrected chi connectivity index (χ3v) is 4.03. The van der Waals surface area contributed by atoms with Gasteiger partial charge in [0, 0.05) is 18.1 Å². The molecule has 5 heteroatoms. The molecule has 2 heterocycles. The van der Waals surface area contributed by atoms with E-state index >= 15 is 0 Å². The number of imidazole rings is 2. The normalized spacial score (nSPS) is 11.2. The molecule has 23 heavy (non-hydrogen) atoms. The second kappa shape index (κ2) is 5.28. The zero-order valence-corrected chi connectivity index (χ0v) is 12.7. The lowest BCUT2D eigenvalue weighted by Gasteiger charge is -2.10. The summed E-state index contributed by atoms with van der Waals surface area (Å²) < 4.78 is 3.15. The fourth-order valence-electron chi connectivity index (χ4n) is 2.87. The fourth-order valence-corrected chi connectivity index (χ4v) is 2.87. The molecule has 0 spiro atoms. The number of para-hydroxylation sites is 1. The molecule has 0 aliphatic rings. The predicted molar refractivity (Wildman–Crippen MR) is 88.0 cm³/mol. The number of hydrogen-bond acceptors (Lipinski definition) is 3. The maximum absolute atomic E-state index is 10.0. The van der Waals surface area contributed by atoms with E-state index in [1.807, 2.05) is 35.0 Å². The lowest BCUT2D eigenvalue weighted by molar-refractivity contribution is 0.191. The fraction of sp³-hybridized carbons (Fsp3) is 0.111. The van der Waals surface area contributed by atoms with Crippen LogP contribution in [0.3, 0.4) is 0 Å². The van der Waals surface area contributed by atoms with Gasteiger partial charge in [-0.3, -0.25) is 0 Å². The number of fused-ring (bicyclic) bond motifs is 1. The van der Waals surface area contributed by atoms with Crippen molar-refractivity contribution >= 4 is 11.0 Å². The molecular weight excluding hydrogens is 288 g/mol. The Hall–Kier alpha value is -3.08. The first-order valence-electron chi connectivity index (χ1n) is 7.46. The summed E-state index contributed by atoms with van der Waals surface area (Å²) in [5.74, 6) is 0.593. The average molecular weight is 304 g/mol. The van der Waals surface area contributed by atoms with Crippen molar-refractivity contribution in [3.63, 3.8) is 0 Å². The van der Waals surface area contributed by atoms with Gasteiger partial charge in [0.1, 0.15) is 11.3 Å². The molecule has 5 nitrogen and oxygen atoms in total. The zero-order valence-electron chi connectivity index (χ0n) is 12.7. The topological polar surface area (TPSA) is 55.9 Å². The Morgan fingerprint density at radius 1 is 1.13 bits per heavy atom. The van der Waals surface area contributed by atoms with Gasteiger partial charge in [-0.15, -0.1) is 0 Å². The van der Waals surface area contributed by atoms with Crippen molar-refractivity contribution in [3.05, 3.63) is 78.1 Å². The molecule has 0 saturated heterocycles. The molecule has 0 bridgehead atoms. The van der Waals surface area contributed by atoms with Crippen LogP contribution in [0.2, 0.25) is 0 Å². The standard InChI is InChI=1S/C18H16N4O/c1-13-20-16-7-6-14(11-18(16)22(13)23)10-15-4-2-3-5-17(15)21-9-8-19-12-21/h2-9,11-12,23H,10H2,1H3. The predicted octanol–water partition coefficient (Wildman–Crippen LogP) is 3.36. The third-order valence-electron chi connectivity index (χ3n) is 4.03. The Bertz CT molecular complexity index is 970. The molecule has 2 aromatic heterocycles. The van der Waals surface area contributed by atoms with E-state index in [0.29, 0.717) is 5.82 Å². The molecule has 4 aromatic rings. The van der Waals surface area contributed by atoms with Crippen molar-refractivity contribution < 1.29 is 5.21 Å². The smallest absolute Gasteiger partial charge is 0.142 e. The van der Waals surface area contributed by atoms with Crippen LogP contribution < -0.4 is 0 Å². The van der Waals surface area contributed by atoms with Crippen molar-refractivity contribution in [1.82, 2.24) is 19.3 Å². The summed E-state index contributed by atoms with van der Waals surface area (Å²) in [6, 6.07) is 14.2. The van der Waals surface area contributed by atoms with Crippen LogP contribution in [0.25, 0.3) is 16.7 Å². The van der Waals surface area contributed by atoms with E-state index in [1.54, 1.807) is 19.4 Å². The van der Waals surface area contributed by atoms with Crippen LogP contribution in [-0.2, 0) is 6.42 Å². The first-order chi connectivity index (χ1) is 11.2. The van der Waals surface area contributed by atoms with E-state index in [2.05, 4.69) is 28.2 Å². The highest BCUT2D eigenvalue weighted by atomic mass is 16.5. The van der Waals surface area contributed by atoms with Crippen molar-refractivity contribution in [1.29, 1.82) is 0 Å². The van der Waals surface area contributed by atoms with Crippen LogP contribution in [0.5, 0.6) is 0 Å². The summed E-state index contributed by atoms with van der Waals surface area (Å²) in [6.45, 7) is 1.79. The highest BCUT2D eigenvalue weighted by Gasteiger charge is 2.09. The Labute approximate surface area is 133 Å². The Morgan fingerprint density at radius 3 is 2.83 bits per heavy atom. The van der Waals surface area contributed by atoms with E-state index in [-0.39, 0.29) is 0 Å². The molecule has 0 amide bonds. The minimum atomic E-state index is 0.593. The monoisotopic (exact) mass is 304 g/mol. The van der Waals surface area contributed by atoms with Gasteiger partial charge < -0.3 is 9.77 Å². The molecule has 4 rings (SSSR count). The molecule has 0 aliphatic heterocycles. The van der Waals surface area contributed by atoms with Crippen LogP contribution >= 0.6 is 0 Å². The molecule has 0 atom stereocenters. The quantitative estimate of drug-likeness (QED) is 0.590. The second-order valence-corrected chi connectivity index (χ2v) is 5.57. The van der Waals surface area contributed by atoms with Gasteiger partial charge in [-0.2, -0.15) is 4.73 Å². The molecule has 0 aliphatic carbocycles. The SMILES string of the molecule is Cc1nc2ccc(Cc3ccccc3-n3ccnc3)cc2n1O. The lowest BCUT2D eigenvalue weighted by atomic mass is 10.0. The Balaban J connectivity index is 1.75. The van der Waals surface area contributed by atoms with E-state index in [0.717, 1.165) is 33.4 Å². The van der Waals surface area contributed by atoms with Crippen LogP contribution in [0.4, 0.5) is 0 Å². The van der Waals surface area contributed by atoms with Crippen molar-refractivity contribution in [2.45, 2.75) is 13.3 Å². The van der Waals surface area contributed by atoms with Gasteiger partial charge >= 0.3 is 0 Å². The number of benzene rings is 2. The van der Waals surface area contributed by atoms with Gasteiger partial charge in [0.2, 0.25) is 0 Å². The molecule has 0 radical (unpaired) electrons. The largest absolute Gasteiger partial charge is 0.427 e. The van der Waals surface area contributed by atoms with Gasteiger partial charge in [-0.05, 0) is 42.7 Å². The molecule has 1 N–H and O–H groups in total. The summed E-state index contributed by atoms with van der Waals surface area (Å²) in [5, 5.41) is 10.0. The maximum atomic E-state index is 10.0. The molecular formula is C18H16N4O. The van der Waals surface area contributed by atoms with Crippen LogP contribution in [-0.4, -0.2) is 24.5 Å². The zero-order chi connectivity index (χ0) is 15.8. The summed E-state index contributed by atoms with van der Waals surface area (Å²) >= 11 is 0. The molecule has 0 fully saturated rings. The molecule has 114 valence electrons. The first kappa shape index (κ1) is 13.6. The van der Waals surface area contributed by atoms with Crippen molar-refractivity contribution in [2.24, 2.45) is 0 Å². The van der Waals surface area contributed by atoms with Gasteiger partial charge in [-0.1, -0.05) is 24.3 Å². The highest BCUT2D eigenvalue weighted by molar-refractivity contribution is 5.76. The Kier molecular flexibility index (Phi) is 3.12. The van der Waals surface area contributed by atoms with E-state index < -0.39 is 0 Å². The summed E-state index contributed by atoms with van der Waals surface area (Å²) in [5.41, 5.74) is 4.97. The van der Waals surface area contributed by atoms with Crippen LogP contribution in [0.1, 0.15) is 17.0 Å². The van der Waals surface area contributed by atoms with Gasteiger partial charge in [0.15, 0.2) is 0 Å². The number of aromatic nitrogens is 4. The number of hydrogen-bond donors (Lipinski definition) is 1. The van der Waals surface area contributed by atoms with Crippen LogP contribution in [0.15, 0.2) is 61.2 Å². The van der Waals surface area contributed by atoms with E-state index in [1.165, 1.54) is 5.56 Å². The number of nitrogens with zero attached hydrogens (tertiary/aromatic N) is 4. The van der Waals surface area contributed by atoms with Gasteiger partial charge in [0.05, 0.1) is 11.8 Å². The lowest BCUT2D eigenvalue weighted by Crippen LogP contribution is -1.99. The van der Waals surface area contributed by atoms with Gasteiger partial charge in [0.25, 0.3) is 0 Å². The molecule has 2 aromatic carbocycles. The highest BCUT2D eigenvalue weighted by Crippen LogP contribution is 2.21. The van der Waals surface area contributed by atoms with Gasteiger partial charge in [-0.25, -0.2) is 9.97 Å². The van der Waals surface area contributed by atoms with Crippen molar-refractivity contribution in [3.8, 4) is 5.69 Å². The second-order valence-electron chi connectivity index (χ2n) is 5.57. The minimum absolute atomic E-state index is 0.593. The Morgan fingerprint density at radius 2 is 2.00 bits per heavy atom. The average Bonchev–Trinajstić information content (AvgIpc) is 3.18. The first-order valence-corrected chi connectivity index (χ1v) is 7.46. The summed E-state index contributed by atoms with van der Waals surface area (Å²) in [7, 11) is 0. The molecule has 0 saturated carbocycles. The van der Waals surface area contributed by atoms with Crippen LogP contribution in [0, 0.1) is 6.92 Å².